The maximum atomic E-state index is 11.6. The number of para-hydroxylation sites is 1. The predicted molar refractivity (Wildman–Crippen MR) is 104 cm³/mol. The Hall–Kier alpha value is -1.39. The van der Waals surface area contributed by atoms with Crippen molar-refractivity contribution in [1.29, 1.82) is 0 Å². The molecule has 138 valence electrons. The zero-order valence-electron chi connectivity index (χ0n) is 15.9. The number of hydrogen-bond donors (Lipinski definition) is 0. The highest BCUT2D eigenvalue weighted by Crippen LogP contribution is 2.25. The summed E-state index contributed by atoms with van der Waals surface area (Å²) in [5, 5.41) is 0. The maximum Gasteiger partial charge on any atom is 0.133 e. The van der Waals surface area contributed by atoms with Crippen LogP contribution in [0.25, 0.3) is 0 Å². The van der Waals surface area contributed by atoms with E-state index in [9.17, 15) is 4.79 Å². The van der Waals surface area contributed by atoms with Gasteiger partial charge in [-0.1, -0.05) is 25.1 Å². The number of ketones is 1. The number of carbonyl (C=O) groups is 1. The Morgan fingerprint density at radius 1 is 1.08 bits per heavy atom. The van der Waals surface area contributed by atoms with Gasteiger partial charge in [0.15, 0.2) is 0 Å². The lowest BCUT2D eigenvalue weighted by molar-refractivity contribution is -0.122. The van der Waals surface area contributed by atoms with Gasteiger partial charge in [-0.05, 0) is 44.9 Å². The van der Waals surface area contributed by atoms with Crippen LogP contribution < -0.4 is 4.90 Å². The third-order valence-corrected chi connectivity index (χ3v) is 5.91. The number of hydrogen-bond acceptors (Lipinski definition) is 4. The summed E-state index contributed by atoms with van der Waals surface area (Å²) in [5.41, 5.74) is 1.34. The first-order chi connectivity index (χ1) is 12.2. The molecule has 1 aliphatic carbocycles. The Morgan fingerprint density at radius 2 is 1.72 bits per heavy atom. The normalized spacial score (nSPS) is 21.7. The molecule has 1 heterocycles. The lowest BCUT2D eigenvalue weighted by Gasteiger charge is -2.46. The molecule has 0 radical (unpaired) electrons. The fourth-order valence-corrected chi connectivity index (χ4v) is 4.39. The standard InChI is InChI=1S/C21H33N3O/c1-3-13-24(20-9-11-21(25)12-10-20)18(2)22-14-16-23(17-15-22)19-7-5-4-6-8-19/h4-8,18,20H,3,9-17H2,1-2H3. The summed E-state index contributed by atoms with van der Waals surface area (Å²) in [6, 6.07) is 11.3. The van der Waals surface area contributed by atoms with Gasteiger partial charge in [-0.3, -0.25) is 14.6 Å². The number of carbonyl (C=O) groups excluding carboxylic acids is 1. The van der Waals surface area contributed by atoms with Gasteiger partial charge < -0.3 is 4.90 Å². The summed E-state index contributed by atoms with van der Waals surface area (Å²) >= 11 is 0. The molecule has 4 heteroatoms. The minimum Gasteiger partial charge on any atom is -0.369 e. The fraction of sp³-hybridized carbons (Fsp3) is 0.667. The molecular weight excluding hydrogens is 310 g/mol. The minimum atomic E-state index is 0.455. The number of nitrogens with zero attached hydrogens (tertiary/aromatic N) is 3. The molecule has 25 heavy (non-hydrogen) atoms. The van der Waals surface area contributed by atoms with Crippen LogP contribution in [0.1, 0.15) is 46.0 Å². The number of Topliss-reactive ketones (excluding diaryl/α,β-unsaturated/α-hetero) is 1. The second-order valence-corrected chi connectivity index (χ2v) is 7.50. The second kappa shape index (κ2) is 8.81. The summed E-state index contributed by atoms with van der Waals surface area (Å²) in [4.78, 5) is 19.4. The molecule has 1 atom stereocenters. The molecular formula is C21H33N3O. The molecule has 0 N–H and O–H groups in total. The third kappa shape index (κ3) is 4.62. The summed E-state index contributed by atoms with van der Waals surface area (Å²) in [6.07, 6.45) is 5.30. The maximum absolute atomic E-state index is 11.6. The molecule has 1 saturated heterocycles. The largest absolute Gasteiger partial charge is 0.369 e. The monoisotopic (exact) mass is 343 g/mol. The minimum absolute atomic E-state index is 0.455. The second-order valence-electron chi connectivity index (χ2n) is 7.50. The Kier molecular flexibility index (Phi) is 6.49. The Balaban J connectivity index is 1.57. The van der Waals surface area contributed by atoms with Gasteiger partial charge in [0.25, 0.3) is 0 Å². The van der Waals surface area contributed by atoms with E-state index in [2.05, 4.69) is 58.9 Å². The van der Waals surface area contributed by atoms with Crippen LogP contribution in [-0.4, -0.2) is 60.5 Å². The summed E-state index contributed by atoms with van der Waals surface area (Å²) in [5.74, 6) is 0.455. The Labute approximate surface area is 152 Å². The van der Waals surface area contributed by atoms with Crippen LogP contribution in [0.4, 0.5) is 5.69 Å². The van der Waals surface area contributed by atoms with Crippen molar-refractivity contribution in [3.8, 4) is 0 Å². The van der Waals surface area contributed by atoms with Crippen LogP contribution in [0.5, 0.6) is 0 Å². The lowest BCUT2D eigenvalue weighted by Crippen LogP contribution is -2.57. The molecule has 0 aromatic heterocycles. The van der Waals surface area contributed by atoms with E-state index in [0.717, 1.165) is 58.4 Å². The summed E-state index contributed by atoms with van der Waals surface area (Å²) < 4.78 is 0. The first-order valence-corrected chi connectivity index (χ1v) is 10.0. The van der Waals surface area contributed by atoms with E-state index in [1.54, 1.807) is 0 Å². The van der Waals surface area contributed by atoms with Crippen LogP contribution in [0, 0.1) is 0 Å². The van der Waals surface area contributed by atoms with Crippen LogP contribution >= 0.6 is 0 Å². The van der Waals surface area contributed by atoms with E-state index in [1.807, 2.05) is 0 Å². The van der Waals surface area contributed by atoms with E-state index >= 15 is 0 Å². The van der Waals surface area contributed by atoms with Gasteiger partial charge in [0, 0.05) is 50.7 Å². The highest BCUT2D eigenvalue weighted by molar-refractivity contribution is 5.79. The van der Waals surface area contributed by atoms with Gasteiger partial charge in [0.05, 0.1) is 6.17 Å². The number of rotatable bonds is 6. The average molecular weight is 344 g/mol. The first kappa shape index (κ1) is 18.4. The number of piperazine rings is 1. The van der Waals surface area contributed by atoms with E-state index in [4.69, 9.17) is 0 Å². The average Bonchev–Trinajstić information content (AvgIpc) is 2.67. The van der Waals surface area contributed by atoms with E-state index in [0.29, 0.717) is 18.0 Å². The van der Waals surface area contributed by atoms with Crippen molar-refractivity contribution in [2.24, 2.45) is 0 Å². The van der Waals surface area contributed by atoms with Gasteiger partial charge in [-0.25, -0.2) is 0 Å². The fourth-order valence-electron chi connectivity index (χ4n) is 4.39. The molecule has 3 rings (SSSR count). The summed E-state index contributed by atoms with van der Waals surface area (Å²) in [7, 11) is 0. The van der Waals surface area contributed by atoms with Crippen molar-refractivity contribution in [1.82, 2.24) is 9.80 Å². The third-order valence-electron chi connectivity index (χ3n) is 5.91. The van der Waals surface area contributed by atoms with Crippen molar-refractivity contribution < 1.29 is 4.79 Å². The quantitative estimate of drug-likeness (QED) is 0.791. The topological polar surface area (TPSA) is 26.8 Å². The van der Waals surface area contributed by atoms with Crippen LogP contribution in [0.3, 0.4) is 0 Å². The van der Waals surface area contributed by atoms with E-state index < -0.39 is 0 Å². The Bertz CT molecular complexity index is 529. The van der Waals surface area contributed by atoms with E-state index in [1.165, 1.54) is 12.1 Å². The van der Waals surface area contributed by atoms with Crippen molar-refractivity contribution >= 4 is 11.5 Å². The SMILES string of the molecule is CCCN(C1CCC(=O)CC1)C(C)N1CCN(c2ccccc2)CC1. The van der Waals surface area contributed by atoms with Crippen molar-refractivity contribution in [2.45, 2.75) is 58.2 Å². The molecule has 2 aliphatic rings. The molecule has 1 saturated carbocycles. The first-order valence-electron chi connectivity index (χ1n) is 10.0. The van der Waals surface area contributed by atoms with Crippen molar-refractivity contribution in [3.63, 3.8) is 0 Å². The van der Waals surface area contributed by atoms with Gasteiger partial charge in [0.2, 0.25) is 0 Å². The molecule has 2 fully saturated rings. The smallest absolute Gasteiger partial charge is 0.133 e. The molecule has 0 amide bonds. The van der Waals surface area contributed by atoms with Crippen molar-refractivity contribution in [2.75, 3.05) is 37.6 Å². The summed E-state index contributed by atoms with van der Waals surface area (Å²) in [6.45, 7) is 10.2. The Morgan fingerprint density at radius 3 is 2.32 bits per heavy atom. The van der Waals surface area contributed by atoms with Gasteiger partial charge in [-0.15, -0.1) is 0 Å². The zero-order chi connectivity index (χ0) is 17.6. The molecule has 1 unspecified atom stereocenters. The van der Waals surface area contributed by atoms with Gasteiger partial charge >= 0.3 is 0 Å². The predicted octanol–water partition coefficient (Wildman–Crippen LogP) is 3.38. The van der Waals surface area contributed by atoms with Gasteiger partial charge in [0.1, 0.15) is 5.78 Å². The molecule has 4 nitrogen and oxygen atoms in total. The highest BCUT2D eigenvalue weighted by atomic mass is 16.1. The van der Waals surface area contributed by atoms with Gasteiger partial charge in [-0.2, -0.15) is 0 Å². The molecule has 1 aliphatic heterocycles. The molecule has 1 aromatic rings. The van der Waals surface area contributed by atoms with Crippen LogP contribution in [0.2, 0.25) is 0 Å². The van der Waals surface area contributed by atoms with Crippen LogP contribution in [-0.2, 0) is 4.79 Å². The highest BCUT2D eigenvalue weighted by Gasteiger charge is 2.31. The van der Waals surface area contributed by atoms with Crippen molar-refractivity contribution in [3.05, 3.63) is 30.3 Å². The molecule has 0 bridgehead atoms. The molecule has 0 spiro atoms. The van der Waals surface area contributed by atoms with E-state index in [-0.39, 0.29) is 0 Å². The van der Waals surface area contributed by atoms with Crippen LogP contribution in [0.15, 0.2) is 30.3 Å². The number of anilines is 1. The molecule has 1 aromatic carbocycles. The lowest BCUT2D eigenvalue weighted by atomic mass is 9.92. The zero-order valence-corrected chi connectivity index (χ0v) is 15.9. The number of benzene rings is 1.